The quantitative estimate of drug-likeness (QED) is 0.860. The molecule has 0 saturated carbocycles. The van der Waals surface area contributed by atoms with Crippen LogP contribution in [0.25, 0.3) is 0 Å². The molecule has 0 unspecified atom stereocenters. The fourth-order valence-corrected chi connectivity index (χ4v) is 2.18. The first-order chi connectivity index (χ1) is 8.95. The Morgan fingerprint density at radius 2 is 2.11 bits per heavy atom. The summed E-state index contributed by atoms with van der Waals surface area (Å²) in [5.41, 5.74) is 5.54. The second-order valence-electron chi connectivity index (χ2n) is 4.17. The van der Waals surface area contributed by atoms with E-state index in [2.05, 4.69) is 15.9 Å². The number of nitrogens with two attached hydrogens (primary N) is 1. The summed E-state index contributed by atoms with van der Waals surface area (Å²) < 4.78 is 0.759. The number of amides is 2. The van der Waals surface area contributed by atoms with Crippen LogP contribution in [-0.2, 0) is 4.79 Å². The van der Waals surface area contributed by atoms with E-state index >= 15 is 0 Å². The Hall–Kier alpha value is -1.07. The van der Waals surface area contributed by atoms with E-state index in [1.165, 1.54) is 4.90 Å². The van der Waals surface area contributed by atoms with Crippen molar-refractivity contribution >= 4 is 39.3 Å². The maximum absolute atomic E-state index is 12.4. The maximum atomic E-state index is 12.4. The van der Waals surface area contributed by atoms with Crippen molar-refractivity contribution in [2.45, 2.75) is 19.8 Å². The number of carbonyl (C=O) groups excluding carboxylic acids is 2. The van der Waals surface area contributed by atoms with Crippen LogP contribution < -0.4 is 5.73 Å². The standard InChI is InChI=1S/C13H16BrClN2O2/c1-2-3-6-17(8-12(16)18)13(19)10-7-9(14)4-5-11(10)15/h4-5,7H,2-3,6,8H2,1H3,(H2,16,18). The molecule has 2 N–H and O–H groups in total. The topological polar surface area (TPSA) is 63.4 Å². The van der Waals surface area contributed by atoms with Gasteiger partial charge in [-0.2, -0.15) is 0 Å². The molecular weight excluding hydrogens is 332 g/mol. The lowest BCUT2D eigenvalue weighted by Crippen LogP contribution is -2.39. The molecule has 2 amide bonds. The average molecular weight is 348 g/mol. The predicted molar refractivity (Wildman–Crippen MR) is 79.2 cm³/mol. The zero-order valence-corrected chi connectivity index (χ0v) is 13.0. The molecule has 104 valence electrons. The molecule has 0 fully saturated rings. The molecule has 0 heterocycles. The highest BCUT2D eigenvalue weighted by atomic mass is 79.9. The monoisotopic (exact) mass is 346 g/mol. The van der Waals surface area contributed by atoms with Crippen molar-refractivity contribution in [1.82, 2.24) is 4.90 Å². The van der Waals surface area contributed by atoms with Crippen molar-refractivity contribution in [3.63, 3.8) is 0 Å². The first-order valence-corrected chi connectivity index (χ1v) is 7.15. The number of halogens is 2. The highest BCUT2D eigenvalue weighted by Gasteiger charge is 2.19. The smallest absolute Gasteiger partial charge is 0.255 e. The zero-order chi connectivity index (χ0) is 14.4. The van der Waals surface area contributed by atoms with Crippen molar-refractivity contribution in [2.75, 3.05) is 13.1 Å². The molecule has 0 bridgehead atoms. The van der Waals surface area contributed by atoms with Gasteiger partial charge in [0.05, 0.1) is 17.1 Å². The molecular formula is C13H16BrClN2O2. The van der Waals surface area contributed by atoms with E-state index < -0.39 is 5.91 Å². The third-order valence-corrected chi connectivity index (χ3v) is 3.40. The lowest BCUT2D eigenvalue weighted by Gasteiger charge is -2.21. The lowest BCUT2D eigenvalue weighted by molar-refractivity contribution is -0.118. The molecule has 4 nitrogen and oxygen atoms in total. The molecule has 19 heavy (non-hydrogen) atoms. The molecule has 1 rings (SSSR count). The molecule has 0 spiro atoms. The Labute approximate surface area is 126 Å². The molecule has 1 aromatic rings. The SMILES string of the molecule is CCCCN(CC(N)=O)C(=O)c1cc(Br)ccc1Cl. The number of carbonyl (C=O) groups is 2. The Bertz CT molecular complexity index is 480. The molecule has 0 radical (unpaired) electrons. The van der Waals surface area contributed by atoms with Crippen LogP contribution in [0, 0.1) is 0 Å². The number of benzene rings is 1. The van der Waals surface area contributed by atoms with Gasteiger partial charge in [-0.25, -0.2) is 0 Å². The van der Waals surface area contributed by atoms with Crippen LogP contribution in [0.3, 0.4) is 0 Å². The largest absolute Gasteiger partial charge is 0.368 e. The minimum Gasteiger partial charge on any atom is -0.368 e. The predicted octanol–water partition coefficient (Wildman–Crippen LogP) is 2.83. The van der Waals surface area contributed by atoms with Crippen LogP contribution in [-0.4, -0.2) is 29.8 Å². The third-order valence-electron chi connectivity index (χ3n) is 2.57. The first kappa shape index (κ1) is 16.0. The summed E-state index contributed by atoms with van der Waals surface area (Å²) >= 11 is 9.32. The minimum absolute atomic E-state index is 0.0956. The van der Waals surface area contributed by atoms with Gasteiger partial charge < -0.3 is 10.6 Å². The summed E-state index contributed by atoms with van der Waals surface area (Å²) in [6, 6.07) is 5.04. The number of hydrogen-bond donors (Lipinski definition) is 1. The van der Waals surface area contributed by atoms with Crippen molar-refractivity contribution < 1.29 is 9.59 Å². The Kier molecular flexibility index (Phi) is 6.31. The highest BCUT2D eigenvalue weighted by molar-refractivity contribution is 9.10. The lowest BCUT2D eigenvalue weighted by atomic mass is 10.2. The van der Waals surface area contributed by atoms with Gasteiger partial charge in [-0.05, 0) is 24.6 Å². The number of primary amides is 1. The van der Waals surface area contributed by atoms with Crippen molar-refractivity contribution in [1.29, 1.82) is 0 Å². The molecule has 1 aromatic carbocycles. The summed E-state index contributed by atoms with van der Waals surface area (Å²) in [5.74, 6) is -0.811. The van der Waals surface area contributed by atoms with E-state index in [1.807, 2.05) is 6.92 Å². The second-order valence-corrected chi connectivity index (χ2v) is 5.49. The van der Waals surface area contributed by atoms with Crippen LogP contribution in [0.2, 0.25) is 5.02 Å². The highest BCUT2D eigenvalue weighted by Crippen LogP contribution is 2.22. The Morgan fingerprint density at radius 3 is 2.68 bits per heavy atom. The summed E-state index contributed by atoms with van der Waals surface area (Å²) in [6.07, 6.45) is 1.74. The van der Waals surface area contributed by atoms with E-state index in [9.17, 15) is 9.59 Å². The van der Waals surface area contributed by atoms with Gasteiger partial charge in [-0.1, -0.05) is 40.9 Å². The van der Waals surface area contributed by atoms with Crippen LogP contribution >= 0.6 is 27.5 Å². The maximum Gasteiger partial charge on any atom is 0.255 e. The van der Waals surface area contributed by atoms with E-state index in [1.54, 1.807) is 18.2 Å². The normalized spacial score (nSPS) is 10.3. The third kappa shape index (κ3) is 4.84. The number of hydrogen-bond acceptors (Lipinski definition) is 2. The molecule has 0 saturated heterocycles. The van der Waals surface area contributed by atoms with Crippen LogP contribution in [0.5, 0.6) is 0 Å². The number of unbranched alkanes of at least 4 members (excludes halogenated alkanes) is 1. The van der Waals surface area contributed by atoms with E-state index in [4.69, 9.17) is 17.3 Å². The van der Waals surface area contributed by atoms with Gasteiger partial charge in [-0.15, -0.1) is 0 Å². The molecule has 0 aliphatic carbocycles. The molecule has 0 aliphatic heterocycles. The second kappa shape index (κ2) is 7.50. The summed E-state index contributed by atoms with van der Waals surface area (Å²) in [6.45, 7) is 2.40. The van der Waals surface area contributed by atoms with Gasteiger partial charge in [0.25, 0.3) is 5.91 Å². The van der Waals surface area contributed by atoms with E-state index in [0.717, 1.165) is 17.3 Å². The molecule has 0 atom stereocenters. The summed E-state index contributed by atoms with van der Waals surface area (Å²) in [4.78, 5) is 24.8. The fraction of sp³-hybridized carbons (Fsp3) is 0.385. The fourth-order valence-electron chi connectivity index (χ4n) is 1.62. The van der Waals surface area contributed by atoms with Crippen molar-refractivity contribution in [2.24, 2.45) is 5.73 Å². The van der Waals surface area contributed by atoms with E-state index in [0.29, 0.717) is 17.1 Å². The van der Waals surface area contributed by atoms with Gasteiger partial charge in [0.15, 0.2) is 0 Å². The summed E-state index contributed by atoms with van der Waals surface area (Å²) in [7, 11) is 0. The first-order valence-electron chi connectivity index (χ1n) is 5.98. The van der Waals surface area contributed by atoms with Gasteiger partial charge in [0.1, 0.15) is 0 Å². The molecule has 6 heteroatoms. The zero-order valence-electron chi connectivity index (χ0n) is 10.7. The van der Waals surface area contributed by atoms with Crippen LogP contribution in [0.4, 0.5) is 0 Å². The summed E-state index contributed by atoms with van der Waals surface area (Å²) in [5, 5.41) is 0.360. The van der Waals surface area contributed by atoms with E-state index in [-0.39, 0.29) is 12.5 Å². The van der Waals surface area contributed by atoms with Gasteiger partial charge in [0.2, 0.25) is 5.91 Å². The number of rotatable bonds is 6. The van der Waals surface area contributed by atoms with Gasteiger partial charge >= 0.3 is 0 Å². The Morgan fingerprint density at radius 1 is 1.42 bits per heavy atom. The average Bonchev–Trinajstić information content (AvgIpc) is 2.36. The van der Waals surface area contributed by atoms with Crippen molar-refractivity contribution in [3.05, 3.63) is 33.3 Å². The number of nitrogens with zero attached hydrogens (tertiary/aromatic N) is 1. The Balaban J connectivity index is 2.97. The van der Waals surface area contributed by atoms with Gasteiger partial charge in [0, 0.05) is 11.0 Å². The van der Waals surface area contributed by atoms with Gasteiger partial charge in [-0.3, -0.25) is 9.59 Å². The van der Waals surface area contributed by atoms with Crippen molar-refractivity contribution in [3.8, 4) is 0 Å². The van der Waals surface area contributed by atoms with Crippen LogP contribution in [0.1, 0.15) is 30.1 Å². The minimum atomic E-state index is -0.532. The van der Waals surface area contributed by atoms with Crippen LogP contribution in [0.15, 0.2) is 22.7 Å². The molecule has 0 aliphatic rings. The molecule has 0 aromatic heterocycles.